The van der Waals surface area contributed by atoms with Crippen LogP contribution in [0, 0.1) is 11.8 Å². The third kappa shape index (κ3) is 2.76. The number of hydrazine groups is 1. The van der Waals surface area contributed by atoms with Gasteiger partial charge in [0.1, 0.15) is 0 Å². The average molecular weight is 282 g/mol. The Morgan fingerprint density at radius 1 is 1.25 bits per heavy atom. The number of hydrogen-bond acceptors (Lipinski definition) is 4. The summed E-state index contributed by atoms with van der Waals surface area (Å²) in [6.07, 6.45) is 10.1. The van der Waals surface area contributed by atoms with Gasteiger partial charge in [0.25, 0.3) is 0 Å². The van der Waals surface area contributed by atoms with Crippen molar-refractivity contribution in [3.05, 3.63) is 0 Å². The first-order valence-electron chi connectivity index (χ1n) is 8.50. The van der Waals surface area contributed by atoms with Crippen molar-refractivity contribution in [3.63, 3.8) is 0 Å². The van der Waals surface area contributed by atoms with Gasteiger partial charge in [-0.25, -0.2) is 0 Å². The molecule has 2 saturated heterocycles. The molecule has 0 aromatic heterocycles. The van der Waals surface area contributed by atoms with E-state index in [0.717, 1.165) is 32.5 Å². The van der Waals surface area contributed by atoms with Gasteiger partial charge in [0.05, 0.1) is 11.7 Å². The average Bonchev–Trinajstić information content (AvgIpc) is 3.10. The molecule has 0 bridgehead atoms. The van der Waals surface area contributed by atoms with Crippen LogP contribution in [0.25, 0.3) is 0 Å². The number of hydrogen-bond donors (Lipinski definition) is 2. The van der Waals surface area contributed by atoms with Crippen LogP contribution in [-0.4, -0.2) is 31.0 Å². The van der Waals surface area contributed by atoms with E-state index in [4.69, 9.17) is 15.3 Å². The van der Waals surface area contributed by atoms with Gasteiger partial charge in [0.2, 0.25) is 0 Å². The molecule has 3 rings (SSSR count). The minimum Gasteiger partial charge on any atom is -0.378 e. The van der Waals surface area contributed by atoms with E-state index < -0.39 is 0 Å². The molecule has 20 heavy (non-hydrogen) atoms. The number of nitrogens with two attached hydrogens (primary N) is 1. The molecule has 1 aliphatic carbocycles. The van der Waals surface area contributed by atoms with Crippen LogP contribution >= 0.6 is 0 Å². The van der Waals surface area contributed by atoms with Gasteiger partial charge in [0, 0.05) is 25.2 Å². The van der Waals surface area contributed by atoms with E-state index in [9.17, 15) is 0 Å². The van der Waals surface area contributed by atoms with E-state index in [-0.39, 0.29) is 5.60 Å². The highest BCUT2D eigenvalue weighted by Crippen LogP contribution is 2.44. The Morgan fingerprint density at radius 3 is 2.75 bits per heavy atom. The molecule has 3 N–H and O–H groups in total. The number of ether oxygens (including phenoxy) is 2. The zero-order valence-corrected chi connectivity index (χ0v) is 12.8. The van der Waals surface area contributed by atoms with Crippen molar-refractivity contribution in [1.82, 2.24) is 5.43 Å². The summed E-state index contributed by atoms with van der Waals surface area (Å²) in [7, 11) is 0. The van der Waals surface area contributed by atoms with Gasteiger partial charge in [-0.05, 0) is 44.4 Å². The largest absolute Gasteiger partial charge is 0.378 e. The second-order valence-corrected chi connectivity index (χ2v) is 6.95. The minimum absolute atomic E-state index is 0.180. The van der Waals surface area contributed by atoms with Gasteiger partial charge in [0.15, 0.2) is 0 Å². The van der Waals surface area contributed by atoms with Gasteiger partial charge in [-0.3, -0.25) is 11.3 Å². The van der Waals surface area contributed by atoms with Crippen LogP contribution in [0.2, 0.25) is 0 Å². The molecule has 3 fully saturated rings. The molecule has 2 aliphatic heterocycles. The first kappa shape index (κ1) is 14.8. The summed E-state index contributed by atoms with van der Waals surface area (Å²) in [5, 5.41) is 0. The first-order valence-corrected chi connectivity index (χ1v) is 8.50. The molecule has 2 heterocycles. The van der Waals surface area contributed by atoms with Crippen molar-refractivity contribution in [2.75, 3.05) is 13.2 Å². The highest BCUT2D eigenvalue weighted by Gasteiger charge is 2.45. The summed E-state index contributed by atoms with van der Waals surface area (Å²) in [6.45, 7) is 4.03. The molecule has 4 nitrogen and oxygen atoms in total. The van der Waals surface area contributed by atoms with Crippen molar-refractivity contribution in [3.8, 4) is 0 Å². The molecular formula is C16H30N2O2. The summed E-state index contributed by atoms with van der Waals surface area (Å²) in [5.74, 6) is 7.16. The van der Waals surface area contributed by atoms with Crippen LogP contribution in [-0.2, 0) is 9.47 Å². The number of rotatable bonds is 4. The first-order chi connectivity index (χ1) is 9.78. The second kappa shape index (κ2) is 6.30. The maximum absolute atomic E-state index is 6.17. The van der Waals surface area contributed by atoms with Crippen molar-refractivity contribution < 1.29 is 9.47 Å². The highest BCUT2D eigenvalue weighted by molar-refractivity contribution is 4.97. The van der Waals surface area contributed by atoms with Crippen LogP contribution in [0.1, 0.15) is 58.3 Å². The zero-order valence-electron chi connectivity index (χ0n) is 12.8. The molecule has 0 aromatic carbocycles. The van der Waals surface area contributed by atoms with Crippen LogP contribution < -0.4 is 11.3 Å². The summed E-state index contributed by atoms with van der Waals surface area (Å²) >= 11 is 0. The Morgan fingerprint density at radius 2 is 2.05 bits per heavy atom. The van der Waals surface area contributed by atoms with E-state index in [1.165, 1.54) is 32.1 Å². The molecule has 4 heteroatoms. The van der Waals surface area contributed by atoms with E-state index in [2.05, 4.69) is 12.3 Å². The number of nitrogens with one attached hydrogen (secondary N) is 1. The standard InChI is InChI=1S/C16H30N2O2/c1-2-14-13(6-9-19-14)15(18-17)12-5-10-20-16(11-12)7-3-4-8-16/h12-15,18H,2-11,17H2,1H3. The lowest BCUT2D eigenvalue weighted by Crippen LogP contribution is -2.52. The predicted octanol–water partition coefficient (Wildman–Crippen LogP) is 2.37. The molecule has 1 spiro atoms. The fraction of sp³-hybridized carbons (Fsp3) is 1.00. The minimum atomic E-state index is 0.180. The molecule has 4 unspecified atom stereocenters. The van der Waals surface area contributed by atoms with Crippen LogP contribution in [0.15, 0.2) is 0 Å². The van der Waals surface area contributed by atoms with Crippen molar-refractivity contribution in [1.29, 1.82) is 0 Å². The fourth-order valence-corrected chi connectivity index (χ4v) is 4.85. The van der Waals surface area contributed by atoms with E-state index in [1.54, 1.807) is 0 Å². The Kier molecular flexibility index (Phi) is 4.65. The maximum Gasteiger partial charge on any atom is 0.0685 e. The summed E-state index contributed by atoms with van der Waals surface area (Å²) in [5.41, 5.74) is 3.33. The lowest BCUT2D eigenvalue weighted by Gasteiger charge is -2.43. The Balaban J connectivity index is 1.69. The normalized spacial score (nSPS) is 38.4. The Bertz CT molecular complexity index is 318. The quantitative estimate of drug-likeness (QED) is 0.614. The lowest BCUT2D eigenvalue weighted by atomic mass is 9.75. The molecule has 0 aromatic rings. The maximum atomic E-state index is 6.17. The van der Waals surface area contributed by atoms with Gasteiger partial charge in [-0.15, -0.1) is 0 Å². The zero-order chi connectivity index (χ0) is 14.0. The van der Waals surface area contributed by atoms with Crippen LogP contribution in [0.3, 0.4) is 0 Å². The van der Waals surface area contributed by atoms with Gasteiger partial charge < -0.3 is 9.47 Å². The van der Waals surface area contributed by atoms with E-state index in [0.29, 0.717) is 24.0 Å². The van der Waals surface area contributed by atoms with Gasteiger partial charge in [-0.1, -0.05) is 19.8 Å². The van der Waals surface area contributed by atoms with Crippen LogP contribution in [0.4, 0.5) is 0 Å². The Hall–Kier alpha value is -0.160. The van der Waals surface area contributed by atoms with Crippen molar-refractivity contribution in [2.45, 2.75) is 76.0 Å². The topological polar surface area (TPSA) is 56.5 Å². The molecule has 4 atom stereocenters. The third-order valence-electron chi connectivity index (χ3n) is 5.87. The lowest BCUT2D eigenvalue weighted by molar-refractivity contribution is -0.103. The monoisotopic (exact) mass is 282 g/mol. The Labute approximate surface area is 122 Å². The summed E-state index contributed by atoms with van der Waals surface area (Å²) in [4.78, 5) is 0. The molecule has 0 amide bonds. The predicted molar refractivity (Wildman–Crippen MR) is 79.1 cm³/mol. The van der Waals surface area contributed by atoms with Crippen molar-refractivity contribution >= 4 is 0 Å². The summed E-state index contributed by atoms with van der Waals surface area (Å²) in [6, 6.07) is 0.392. The van der Waals surface area contributed by atoms with Crippen LogP contribution in [0.5, 0.6) is 0 Å². The van der Waals surface area contributed by atoms with Crippen molar-refractivity contribution in [2.24, 2.45) is 17.7 Å². The summed E-state index contributed by atoms with van der Waals surface area (Å²) < 4.78 is 12.0. The molecular weight excluding hydrogens is 252 g/mol. The molecule has 116 valence electrons. The van der Waals surface area contributed by atoms with Gasteiger partial charge in [-0.2, -0.15) is 0 Å². The third-order valence-corrected chi connectivity index (χ3v) is 5.87. The van der Waals surface area contributed by atoms with Gasteiger partial charge >= 0.3 is 0 Å². The molecule has 3 aliphatic rings. The second-order valence-electron chi connectivity index (χ2n) is 6.95. The van der Waals surface area contributed by atoms with E-state index in [1.807, 2.05) is 0 Å². The smallest absolute Gasteiger partial charge is 0.0685 e. The SMILES string of the molecule is CCC1OCCC1C(NN)C1CCOC2(CCCC2)C1. The molecule has 0 radical (unpaired) electrons. The fourth-order valence-electron chi connectivity index (χ4n) is 4.85. The highest BCUT2D eigenvalue weighted by atomic mass is 16.5. The molecule has 1 saturated carbocycles. The van der Waals surface area contributed by atoms with E-state index >= 15 is 0 Å².